The zero-order valence-electron chi connectivity index (χ0n) is 13.2. The summed E-state index contributed by atoms with van der Waals surface area (Å²) < 4.78 is 6.38. The third-order valence-corrected chi connectivity index (χ3v) is 3.59. The van der Waals surface area contributed by atoms with Crippen LogP contribution in [-0.4, -0.2) is 10.6 Å². The average Bonchev–Trinajstić information content (AvgIpc) is 2.94. The van der Waals surface area contributed by atoms with Crippen molar-refractivity contribution in [1.29, 1.82) is 0 Å². The minimum absolute atomic E-state index is 0.117. The molecular weight excluding hydrogens is 306 g/mol. The van der Waals surface area contributed by atoms with Gasteiger partial charge in [0, 0.05) is 12.6 Å². The summed E-state index contributed by atoms with van der Waals surface area (Å²) in [5.74, 6) is -0.195. The molecule has 122 valence electrons. The molecule has 0 aliphatic carbocycles. The lowest BCUT2D eigenvalue weighted by Gasteiger charge is -2.04. The van der Waals surface area contributed by atoms with Gasteiger partial charge in [0.2, 0.25) is 5.91 Å². The van der Waals surface area contributed by atoms with Gasteiger partial charge in [0.15, 0.2) is 0 Å². The van der Waals surface area contributed by atoms with Gasteiger partial charge in [-0.1, -0.05) is 36.4 Å². The summed E-state index contributed by atoms with van der Waals surface area (Å²) in [5, 5.41) is 2.57. The average molecular weight is 323 g/mol. The molecule has 0 radical (unpaired) electrons. The molecule has 0 bridgehead atoms. The highest BCUT2D eigenvalue weighted by atomic mass is 16.5. The van der Waals surface area contributed by atoms with Crippen LogP contribution in [0.15, 0.2) is 64.0 Å². The molecule has 0 aliphatic heterocycles. The van der Waals surface area contributed by atoms with Crippen LogP contribution >= 0.6 is 0 Å². The smallest absolute Gasteiger partial charge is 0.365 e. The van der Waals surface area contributed by atoms with E-state index in [0.717, 1.165) is 16.7 Å². The van der Waals surface area contributed by atoms with Gasteiger partial charge >= 0.3 is 5.63 Å². The van der Waals surface area contributed by atoms with Gasteiger partial charge in [-0.05, 0) is 28.8 Å². The summed E-state index contributed by atoms with van der Waals surface area (Å²) in [6, 6.07) is 15.2. The van der Waals surface area contributed by atoms with Crippen LogP contribution in [0, 0.1) is 0 Å². The van der Waals surface area contributed by atoms with Gasteiger partial charge in [-0.2, -0.15) is 4.74 Å². The van der Waals surface area contributed by atoms with E-state index in [1.54, 1.807) is 6.20 Å². The summed E-state index contributed by atoms with van der Waals surface area (Å²) in [6.45, 7) is 1.52. The monoisotopic (exact) mass is 323 g/mol. The van der Waals surface area contributed by atoms with E-state index in [1.807, 2.05) is 48.5 Å². The van der Waals surface area contributed by atoms with Gasteiger partial charge in [-0.3, -0.25) is 4.79 Å². The van der Waals surface area contributed by atoms with Gasteiger partial charge in [0.25, 0.3) is 0 Å². The first kappa shape index (κ1) is 15.6. The number of nitrogens with one attached hydrogen (secondary N) is 1. The molecule has 3 rings (SSSR count). The third kappa shape index (κ3) is 3.38. The van der Waals surface area contributed by atoms with Crippen molar-refractivity contribution < 1.29 is 9.32 Å². The second-order valence-corrected chi connectivity index (χ2v) is 5.43. The Morgan fingerprint density at radius 2 is 1.83 bits per heavy atom. The van der Waals surface area contributed by atoms with E-state index < -0.39 is 5.63 Å². The predicted octanol–water partition coefficient (Wildman–Crippen LogP) is 2.45. The van der Waals surface area contributed by atoms with E-state index in [2.05, 4.69) is 5.32 Å². The predicted molar refractivity (Wildman–Crippen MR) is 92.1 cm³/mol. The number of anilines is 1. The maximum atomic E-state index is 12.0. The fraction of sp³-hybridized carbons (Fsp3) is 0.111. The lowest BCUT2D eigenvalue weighted by atomic mass is 10.0. The number of amides is 1. The van der Waals surface area contributed by atoms with Crippen molar-refractivity contribution in [2.45, 2.75) is 13.6 Å². The molecule has 6 heteroatoms. The Labute approximate surface area is 138 Å². The van der Waals surface area contributed by atoms with E-state index >= 15 is 0 Å². The minimum atomic E-state index is -0.447. The zero-order chi connectivity index (χ0) is 17.1. The Morgan fingerprint density at radius 3 is 2.50 bits per heavy atom. The van der Waals surface area contributed by atoms with Crippen LogP contribution in [0.4, 0.5) is 5.69 Å². The van der Waals surface area contributed by atoms with Crippen LogP contribution in [0.1, 0.15) is 6.92 Å². The van der Waals surface area contributed by atoms with Crippen LogP contribution in [0.3, 0.4) is 0 Å². The van der Waals surface area contributed by atoms with Crippen molar-refractivity contribution in [1.82, 2.24) is 10.1 Å². The van der Waals surface area contributed by atoms with E-state index in [4.69, 9.17) is 10.3 Å². The highest BCUT2D eigenvalue weighted by Gasteiger charge is 2.10. The molecule has 0 saturated heterocycles. The number of rotatable bonds is 4. The largest absolute Gasteiger partial charge is 0.399 e. The number of hydrogen-bond acceptors (Lipinski definition) is 4. The second-order valence-electron chi connectivity index (χ2n) is 5.43. The first-order valence-electron chi connectivity index (χ1n) is 7.44. The zero-order valence-corrected chi connectivity index (χ0v) is 13.2. The van der Waals surface area contributed by atoms with E-state index in [9.17, 15) is 9.59 Å². The molecule has 24 heavy (non-hydrogen) atoms. The fourth-order valence-electron chi connectivity index (χ4n) is 2.40. The molecule has 3 N–H and O–H groups in total. The van der Waals surface area contributed by atoms with Crippen molar-refractivity contribution in [2.24, 2.45) is 0 Å². The van der Waals surface area contributed by atoms with Crippen LogP contribution in [-0.2, 0) is 11.5 Å². The first-order valence-corrected chi connectivity index (χ1v) is 7.44. The summed E-state index contributed by atoms with van der Waals surface area (Å²) in [6.07, 6.45) is 1.58. The number of carbonyl (C=O) groups is 1. The van der Waals surface area contributed by atoms with E-state index in [-0.39, 0.29) is 12.6 Å². The van der Waals surface area contributed by atoms with Gasteiger partial charge in [0.1, 0.15) is 6.67 Å². The Balaban J connectivity index is 1.86. The number of nitrogens with two attached hydrogens (primary N) is 1. The molecule has 3 aromatic rings. The van der Waals surface area contributed by atoms with Crippen molar-refractivity contribution in [2.75, 3.05) is 5.73 Å². The number of nitrogen functional groups attached to an aromatic ring is 1. The minimum Gasteiger partial charge on any atom is -0.399 e. The molecule has 0 aliphatic rings. The van der Waals surface area contributed by atoms with Crippen LogP contribution in [0.25, 0.3) is 22.3 Å². The highest BCUT2D eigenvalue weighted by Crippen LogP contribution is 2.24. The highest BCUT2D eigenvalue weighted by molar-refractivity contribution is 5.72. The molecule has 0 fully saturated rings. The third-order valence-electron chi connectivity index (χ3n) is 3.59. The van der Waals surface area contributed by atoms with Crippen molar-refractivity contribution in [3.8, 4) is 22.3 Å². The molecule has 1 heterocycles. The fourth-order valence-corrected chi connectivity index (χ4v) is 2.40. The molecule has 0 unspecified atom stereocenters. The number of aromatic nitrogens is 1. The summed E-state index contributed by atoms with van der Waals surface area (Å²) in [5.41, 5.74) is 9.27. The number of nitrogens with zero attached hydrogens (tertiary/aromatic N) is 1. The standard InChI is InChI=1S/C18H17N3O3/c1-12(22)20-11-21-10-17(18(23)24-21)14-7-5-13(6-8-14)15-3-2-4-16(19)9-15/h2-10H,11,19H2,1H3,(H,20,22). The van der Waals surface area contributed by atoms with Crippen molar-refractivity contribution in [3.05, 3.63) is 65.1 Å². The van der Waals surface area contributed by atoms with Crippen LogP contribution < -0.4 is 16.7 Å². The SMILES string of the molecule is CC(=O)NCn1cc(-c2ccc(-c3cccc(N)c3)cc2)c(=O)o1. The molecule has 0 saturated carbocycles. The van der Waals surface area contributed by atoms with Gasteiger partial charge < -0.3 is 15.6 Å². The molecular formula is C18H17N3O3. The van der Waals surface area contributed by atoms with Gasteiger partial charge in [-0.15, -0.1) is 0 Å². The van der Waals surface area contributed by atoms with Crippen molar-refractivity contribution >= 4 is 11.6 Å². The van der Waals surface area contributed by atoms with E-state index in [0.29, 0.717) is 11.3 Å². The van der Waals surface area contributed by atoms with Crippen molar-refractivity contribution in [3.63, 3.8) is 0 Å². The molecule has 1 aromatic heterocycles. The molecule has 6 nitrogen and oxygen atoms in total. The Hall–Kier alpha value is -3.28. The number of hydrogen-bond donors (Lipinski definition) is 2. The Morgan fingerprint density at radius 1 is 1.12 bits per heavy atom. The van der Waals surface area contributed by atoms with Gasteiger partial charge in [0.05, 0.1) is 11.8 Å². The molecule has 1 amide bonds. The summed E-state index contributed by atoms with van der Waals surface area (Å²) in [7, 11) is 0. The second kappa shape index (κ2) is 6.45. The topological polar surface area (TPSA) is 90.3 Å². The van der Waals surface area contributed by atoms with Crippen LogP contribution in [0.5, 0.6) is 0 Å². The quantitative estimate of drug-likeness (QED) is 0.722. The number of carbonyl (C=O) groups excluding carboxylic acids is 1. The molecule has 2 aromatic carbocycles. The van der Waals surface area contributed by atoms with E-state index in [1.165, 1.54) is 11.7 Å². The molecule has 0 spiro atoms. The summed E-state index contributed by atoms with van der Waals surface area (Å²) >= 11 is 0. The van der Waals surface area contributed by atoms with Crippen LogP contribution in [0.2, 0.25) is 0 Å². The lowest BCUT2D eigenvalue weighted by Crippen LogP contribution is -2.22. The normalized spacial score (nSPS) is 10.5. The molecule has 0 atom stereocenters. The Bertz CT molecular complexity index is 923. The van der Waals surface area contributed by atoms with Gasteiger partial charge in [-0.25, -0.2) is 4.79 Å². The lowest BCUT2D eigenvalue weighted by molar-refractivity contribution is -0.119. The Kier molecular flexibility index (Phi) is 4.20. The number of benzene rings is 2. The maximum Gasteiger partial charge on any atom is 0.365 e. The summed E-state index contributed by atoms with van der Waals surface area (Å²) in [4.78, 5) is 22.9. The maximum absolute atomic E-state index is 12.0. The first-order chi connectivity index (χ1) is 11.5.